The predicted molar refractivity (Wildman–Crippen MR) is 84.2 cm³/mol. The number of hydrogen-bond donors (Lipinski definition) is 2. The molecule has 2 rings (SSSR count). The van der Waals surface area contributed by atoms with Gasteiger partial charge in [0.25, 0.3) is 0 Å². The van der Waals surface area contributed by atoms with Crippen LogP contribution in [0.15, 0.2) is 24.3 Å². The van der Waals surface area contributed by atoms with Crippen molar-refractivity contribution in [1.82, 2.24) is 5.32 Å². The molecule has 0 aliphatic carbocycles. The number of rotatable bonds is 5. The molecule has 0 bridgehead atoms. The summed E-state index contributed by atoms with van der Waals surface area (Å²) in [6.07, 6.45) is 4.08. The molecule has 1 aliphatic heterocycles. The van der Waals surface area contributed by atoms with Gasteiger partial charge in [0.1, 0.15) is 0 Å². The number of nitrogens with one attached hydrogen (secondary N) is 2. The first-order valence-corrected chi connectivity index (χ1v) is 7.43. The number of amides is 1. The maximum absolute atomic E-state index is 11.9. The van der Waals surface area contributed by atoms with E-state index in [1.165, 1.54) is 12.8 Å². The van der Waals surface area contributed by atoms with Gasteiger partial charge >= 0.3 is 0 Å². The molecule has 1 atom stereocenters. The lowest BCUT2D eigenvalue weighted by Crippen LogP contribution is -2.30. The van der Waals surface area contributed by atoms with Crippen molar-refractivity contribution in [3.63, 3.8) is 0 Å². The van der Waals surface area contributed by atoms with Crippen molar-refractivity contribution in [3.05, 3.63) is 24.3 Å². The van der Waals surface area contributed by atoms with Crippen LogP contribution in [0.25, 0.3) is 0 Å². The van der Waals surface area contributed by atoms with Crippen LogP contribution in [0.1, 0.15) is 25.7 Å². The van der Waals surface area contributed by atoms with Gasteiger partial charge in [0.05, 0.1) is 0 Å². The van der Waals surface area contributed by atoms with Gasteiger partial charge in [-0.2, -0.15) is 0 Å². The van der Waals surface area contributed by atoms with Crippen LogP contribution < -0.4 is 15.5 Å². The number of benzene rings is 1. The van der Waals surface area contributed by atoms with Crippen molar-refractivity contribution >= 4 is 17.3 Å². The van der Waals surface area contributed by atoms with Gasteiger partial charge in [-0.25, -0.2) is 0 Å². The van der Waals surface area contributed by atoms with E-state index in [0.717, 1.165) is 30.9 Å². The lowest BCUT2D eigenvalue weighted by Gasteiger charge is -2.22. The van der Waals surface area contributed by atoms with E-state index in [0.29, 0.717) is 12.3 Å². The highest BCUT2D eigenvalue weighted by molar-refractivity contribution is 5.90. The highest BCUT2D eigenvalue weighted by Crippen LogP contribution is 2.18. The summed E-state index contributed by atoms with van der Waals surface area (Å²) in [5, 5.41) is 6.36. The van der Waals surface area contributed by atoms with Crippen molar-refractivity contribution < 1.29 is 4.79 Å². The highest BCUT2D eigenvalue weighted by Gasteiger charge is 2.14. The van der Waals surface area contributed by atoms with E-state index >= 15 is 0 Å². The maximum Gasteiger partial charge on any atom is 0.224 e. The van der Waals surface area contributed by atoms with Crippen LogP contribution in [0.3, 0.4) is 0 Å². The molecule has 0 radical (unpaired) electrons. The molecular formula is C16H25N3O. The summed E-state index contributed by atoms with van der Waals surface area (Å²) in [6, 6.07) is 7.94. The second-order valence-electron chi connectivity index (χ2n) is 5.74. The van der Waals surface area contributed by atoms with Crippen LogP contribution in [-0.2, 0) is 4.79 Å². The van der Waals surface area contributed by atoms with E-state index in [4.69, 9.17) is 0 Å². The first kappa shape index (κ1) is 14.9. The summed E-state index contributed by atoms with van der Waals surface area (Å²) in [5.74, 6) is 0.777. The molecule has 110 valence electrons. The molecule has 0 spiro atoms. The van der Waals surface area contributed by atoms with Crippen molar-refractivity contribution in [2.45, 2.75) is 25.7 Å². The average Bonchev–Trinajstić information content (AvgIpc) is 2.47. The minimum atomic E-state index is 0.119. The summed E-state index contributed by atoms with van der Waals surface area (Å²) in [4.78, 5) is 14.0. The van der Waals surface area contributed by atoms with E-state index in [2.05, 4.69) is 10.6 Å². The van der Waals surface area contributed by atoms with Crippen LogP contribution in [0.2, 0.25) is 0 Å². The largest absolute Gasteiger partial charge is 0.378 e. The van der Waals surface area contributed by atoms with Crippen molar-refractivity contribution in [2.24, 2.45) is 5.92 Å². The second-order valence-corrected chi connectivity index (χ2v) is 5.74. The van der Waals surface area contributed by atoms with Crippen LogP contribution in [0.4, 0.5) is 11.4 Å². The predicted octanol–water partition coefficient (Wildman–Crippen LogP) is 2.47. The molecule has 1 unspecified atom stereocenters. The fraction of sp³-hybridized carbons (Fsp3) is 0.562. The number of hydrogen-bond acceptors (Lipinski definition) is 3. The number of anilines is 2. The molecular weight excluding hydrogens is 250 g/mol. The molecule has 0 saturated carbocycles. The molecule has 2 N–H and O–H groups in total. The Morgan fingerprint density at radius 1 is 1.35 bits per heavy atom. The summed E-state index contributed by atoms with van der Waals surface area (Å²) in [7, 11) is 4.01. The van der Waals surface area contributed by atoms with E-state index in [-0.39, 0.29) is 5.91 Å². The SMILES string of the molecule is CN(C)c1ccc(NC(=O)CCC2CCCNC2)cc1. The minimum Gasteiger partial charge on any atom is -0.378 e. The van der Waals surface area contributed by atoms with E-state index < -0.39 is 0 Å². The summed E-state index contributed by atoms with van der Waals surface area (Å²) in [6.45, 7) is 2.19. The Morgan fingerprint density at radius 3 is 2.70 bits per heavy atom. The lowest BCUT2D eigenvalue weighted by molar-refractivity contribution is -0.116. The Morgan fingerprint density at radius 2 is 2.10 bits per heavy atom. The third-order valence-corrected chi connectivity index (χ3v) is 3.85. The van der Waals surface area contributed by atoms with E-state index in [9.17, 15) is 4.79 Å². The molecule has 1 aliphatic rings. The number of piperidine rings is 1. The lowest BCUT2D eigenvalue weighted by atomic mass is 9.94. The third-order valence-electron chi connectivity index (χ3n) is 3.85. The molecule has 1 heterocycles. The van der Waals surface area contributed by atoms with Crippen LogP contribution >= 0.6 is 0 Å². The summed E-state index contributed by atoms with van der Waals surface area (Å²) >= 11 is 0. The van der Waals surface area contributed by atoms with Crippen molar-refractivity contribution in [1.29, 1.82) is 0 Å². The Kier molecular flexibility index (Phi) is 5.41. The maximum atomic E-state index is 11.9. The van der Waals surface area contributed by atoms with E-state index in [1.54, 1.807) is 0 Å². The smallest absolute Gasteiger partial charge is 0.224 e. The molecule has 1 aromatic carbocycles. The molecule has 1 fully saturated rings. The molecule has 4 nitrogen and oxygen atoms in total. The minimum absolute atomic E-state index is 0.119. The molecule has 1 amide bonds. The monoisotopic (exact) mass is 275 g/mol. The molecule has 20 heavy (non-hydrogen) atoms. The normalized spacial score (nSPS) is 18.6. The van der Waals surface area contributed by atoms with Gasteiger partial charge in [0, 0.05) is 31.9 Å². The number of carbonyl (C=O) groups excluding carboxylic acids is 1. The third kappa shape index (κ3) is 4.53. The zero-order valence-corrected chi connectivity index (χ0v) is 12.5. The van der Waals surface area contributed by atoms with Gasteiger partial charge < -0.3 is 15.5 Å². The van der Waals surface area contributed by atoms with Gasteiger partial charge in [-0.1, -0.05) is 0 Å². The van der Waals surface area contributed by atoms with Crippen LogP contribution in [-0.4, -0.2) is 33.1 Å². The molecule has 1 aromatic rings. The topological polar surface area (TPSA) is 44.4 Å². The zero-order chi connectivity index (χ0) is 14.4. The Balaban J connectivity index is 1.75. The fourth-order valence-corrected chi connectivity index (χ4v) is 2.57. The van der Waals surface area contributed by atoms with Gasteiger partial charge in [0.15, 0.2) is 0 Å². The van der Waals surface area contributed by atoms with Gasteiger partial charge in [0.2, 0.25) is 5.91 Å². The van der Waals surface area contributed by atoms with Crippen molar-refractivity contribution in [3.8, 4) is 0 Å². The standard InChI is InChI=1S/C16H25N3O/c1-19(2)15-8-6-14(7-9-15)18-16(20)10-5-13-4-3-11-17-12-13/h6-9,13,17H,3-5,10-12H2,1-2H3,(H,18,20). The number of carbonyl (C=O) groups is 1. The molecule has 1 saturated heterocycles. The van der Waals surface area contributed by atoms with Gasteiger partial charge in [-0.15, -0.1) is 0 Å². The van der Waals surface area contributed by atoms with Crippen LogP contribution in [0.5, 0.6) is 0 Å². The quantitative estimate of drug-likeness (QED) is 0.867. The summed E-state index contributed by atoms with van der Waals surface area (Å²) < 4.78 is 0. The second kappa shape index (κ2) is 7.29. The summed E-state index contributed by atoms with van der Waals surface area (Å²) in [5.41, 5.74) is 2.01. The Labute approximate surface area is 121 Å². The molecule has 0 aromatic heterocycles. The highest BCUT2D eigenvalue weighted by atomic mass is 16.1. The van der Waals surface area contributed by atoms with Crippen molar-refractivity contribution in [2.75, 3.05) is 37.4 Å². The zero-order valence-electron chi connectivity index (χ0n) is 12.5. The average molecular weight is 275 g/mol. The Bertz CT molecular complexity index is 422. The van der Waals surface area contributed by atoms with Gasteiger partial charge in [-0.3, -0.25) is 4.79 Å². The van der Waals surface area contributed by atoms with E-state index in [1.807, 2.05) is 43.3 Å². The van der Waals surface area contributed by atoms with Gasteiger partial charge in [-0.05, 0) is 62.5 Å². The molecule has 4 heteroatoms. The number of nitrogens with zero attached hydrogens (tertiary/aromatic N) is 1. The first-order chi connectivity index (χ1) is 9.65. The first-order valence-electron chi connectivity index (χ1n) is 7.43. The van der Waals surface area contributed by atoms with Crippen LogP contribution in [0, 0.1) is 5.92 Å². The fourth-order valence-electron chi connectivity index (χ4n) is 2.57. The Hall–Kier alpha value is -1.55.